The summed E-state index contributed by atoms with van der Waals surface area (Å²) in [5, 5.41) is 19.3. The molecular formula is C25H36N2O6S3. The third-order valence-electron chi connectivity index (χ3n) is 6.32. The zero-order valence-electron chi connectivity index (χ0n) is 20.7. The highest BCUT2D eigenvalue weighted by molar-refractivity contribution is 7.95. The quantitative estimate of drug-likeness (QED) is 0.0521. The molecule has 2 unspecified atom stereocenters. The molecule has 11 heteroatoms. The third kappa shape index (κ3) is 9.29. The van der Waals surface area contributed by atoms with Gasteiger partial charge in [0.1, 0.15) is 4.75 Å². The molecule has 0 radical (unpaired) electrons. The molecule has 0 aliphatic carbocycles. The fourth-order valence-corrected chi connectivity index (χ4v) is 5.65. The third-order valence-corrected chi connectivity index (χ3v) is 9.12. The van der Waals surface area contributed by atoms with Gasteiger partial charge in [-0.1, -0.05) is 65.7 Å². The van der Waals surface area contributed by atoms with Crippen LogP contribution < -0.4 is 10.6 Å². The van der Waals surface area contributed by atoms with Crippen LogP contribution in [0.3, 0.4) is 0 Å². The van der Waals surface area contributed by atoms with Crippen molar-refractivity contribution >= 4 is 39.5 Å². The molecule has 8 nitrogen and oxygen atoms in total. The molecule has 200 valence electrons. The molecule has 4 N–H and O–H groups in total. The van der Waals surface area contributed by atoms with Crippen molar-refractivity contribution in [1.82, 2.24) is 10.6 Å². The van der Waals surface area contributed by atoms with Crippen molar-refractivity contribution in [2.24, 2.45) is 0 Å². The lowest BCUT2D eigenvalue weighted by Crippen LogP contribution is -2.36. The average molecular weight is 557 g/mol. The van der Waals surface area contributed by atoms with E-state index in [2.05, 4.69) is 15.7 Å². The Morgan fingerprint density at radius 3 is 1.89 bits per heavy atom. The fraction of sp³-hybridized carbons (Fsp3) is 0.480. The molecule has 0 aliphatic heterocycles. The molecule has 2 rings (SSSR count). The van der Waals surface area contributed by atoms with Crippen LogP contribution in [0.25, 0.3) is 0 Å². The van der Waals surface area contributed by atoms with E-state index in [1.54, 1.807) is 31.2 Å². The van der Waals surface area contributed by atoms with Gasteiger partial charge in [0.2, 0.25) is 0 Å². The lowest BCUT2D eigenvalue weighted by molar-refractivity contribution is -0.432. The maximum Gasteiger partial charge on any atom is 0.274 e. The largest absolute Gasteiger partial charge is 0.363 e. The van der Waals surface area contributed by atoms with Crippen LogP contribution >= 0.6 is 24.3 Å². The highest BCUT2D eigenvalue weighted by Gasteiger charge is 2.39. The maximum atomic E-state index is 12.1. The molecule has 2 aromatic rings. The highest BCUT2D eigenvalue weighted by Crippen LogP contribution is 2.41. The Morgan fingerprint density at radius 2 is 1.39 bits per heavy atom. The first-order chi connectivity index (χ1) is 17.1. The lowest BCUT2D eigenvalue weighted by Gasteiger charge is -2.27. The summed E-state index contributed by atoms with van der Waals surface area (Å²) in [6.07, 6.45) is 4.21. The van der Waals surface area contributed by atoms with Gasteiger partial charge in [-0.25, -0.2) is 5.26 Å². The summed E-state index contributed by atoms with van der Waals surface area (Å²) >= 11 is 6.42. The van der Waals surface area contributed by atoms with Crippen molar-refractivity contribution in [2.75, 3.05) is 13.1 Å². The minimum Gasteiger partial charge on any atom is -0.363 e. The van der Waals surface area contributed by atoms with Gasteiger partial charge in [-0.05, 0) is 75.7 Å². The topological polar surface area (TPSA) is 117 Å². The molecular weight excluding hydrogens is 520 g/mol. The number of thiocarbonyl (C=S) groups is 1. The van der Waals surface area contributed by atoms with Gasteiger partial charge < -0.3 is 10.6 Å². The number of hydrogen-bond acceptors (Lipinski definition) is 7. The second-order valence-electron chi connectivity index (χ2n) is 8.99. The standard InChI is InChI=1S/C25H36N2O6S3/c1-24(35-33-32-28,21-13-5-3-6-14-21)17-9-11-19-26-23(34)27-20-12-10-18-25(2,36(29,30)31)22-15-7-4-8-16-22/h3-8,13-16,28H,9-12,17-20H2,1-2H3,(H2,26,27,34)(H,29,30,31). The van der Waals surface area contributed by atoms with E-state index in [-0.39, 0.29) is 4.75 Å². The zero-order chi connectivity index (χ0) is 26.5. The summed E-state index contributed by atoms with van der Waals surface area (Å²) in [6, 6.07) is 18.7. The molecule has 2 aromatic carbocycles. The van der Waals surface area contributed by atoms with Crippen LogP contribution in [-0.2, 0) is 29.0 Å². The molecule has 0 saturated carbocycles. The fourth-order valence-electron chi connectivity index (χ4n) is 3.97. The number of nitrogens with one attached hydrogen (secondary N) is 2. The summed E-state index contributed by atoms with van der Waals surface area (Å²) in [5.74, 6) is 0. The Balaban J connectivity index is 1.68. The van der Waals surface area contributed by atoms with Gasteiger partial charge in [0.15, 0.2) is 5.11 Å². The molecule has 0 spiro atoms. The number of rotatable bonds is 16. The van der Waals surface area contributed by atoms with E-state index in [1.807, 2.05) is 43.3 Å². The second-order valence-corrected chi connectivity index (χ2v) is 12.5. The van der Waals surface area contributed by atoms with Crippen molar-refractivity contribution in [2.45, 2.75) is 61.9 Å². The molecule has 2 atom stereocenters. The van der Waals surface area contributed by atoms with Gasteiger partial charge >= 0.3 is 0 Å². The zero-order valence-corrected chi connectivity index (χ0v) is 23.1. The van der Waals surface area contributed by atoms with E-state index >= 15 is 0 Å². The van der Waals surface area contributed by atoms with E-state index in [9.17, 15) is 13.0 Å². The van der Waals surface area contributed by atoms with Crippen LogP contribution in [0.4, 0.5) is 0 Å². The van der Waals surface area contributed by atoms with Gasteiger partial charge in [-0.15, -0.1) is 4.33 Å². The minimum atomic E-state index is -4.26. The van der Waals surface area contributed by atoms with Crippen LogP contribution in [0.1, 0.15) is 63.5 Å². The van der Waals surface area contributed by atoms with E-state index in [0.29, 0.717) is 43.0 Å². The monoisotopic (exact) mass is 556 g/mol. The van der Waals surface area contributed by atoms with Crippen molar-refractivity contribution in [3.63, 3.8) is 0 Å². The Labute approximate surface area is 224 Å². The molecule has 0 aromatic heterocycles. The van der Waals surface area contributed by atoms with Crippen LogP contribution in [0, 0.1) is 0 Å². The van der Waals surface area contributed by atoms with Gasteiger partial charge in [0, 0.05) is 25.1 Å². The Hall–Kier alpha value is -1.73. The minimum absolute atomic E-state index is 0.306. The Bertz CT molecular complexity index is 1030. The smallest absolute Gasteiger partial charge is 0.274 e. The highest BCUT2D eigenvalue weighted by atomic mass is 32.2. The molecule has 0 heterocycles. The van der Waals surface area contributed by atoms with Crippen LogP contribution in [0.2, 0.25) is 0 Å². The van der Waals surface area contributed by atoms with Crippen LogP contribution in [0.5, 0.6) is 0 Å². The van der Waals surface area contributed by atoms with Gasteiger partial charge in [0.25, 0.3) is 10.1 Å². The molecule has 0 saturated heterocycles. The molecule has 0 bridgehead atoms. The second kappa shape index (κ2) is 14.9. The van der Waals surface area contributed by atoms with E-state index in [0.717, 1.165) is 36.9 Å². The van der Waals surface area contributed by atoms with Crippen molar-refractivity contribution in [3.05, 3.63) is 71.8 Å². The van der Waals surface area contributed by atoms with Crippen LogP contribution in [0.15, 0.2) is 60.7 Å². The van der Waals surface area contributed by atoms with Crippen molar-refractivity contribution in [3.8, 4) is 0 Å². The Morgan fingerprint density at radius 1 is 0.889 bits per heavy atom. The molecule has 0 amide bonds. The summed E-state index contributed by atoms with van der Waals surface area (Å²) in [6.45, 7) is 4.90. The first-order valence-electron chi connectivity index (χ1n) is 11.9. The predicted molar refractivity (Wildman–Crippen MR) is 148 cm³/mol. The van der Waals surface area contributed by atoms with Gasteiger partial charge in [-0.2, -0.15) is 8.42 Å². The van der Waals surface area contributed by atoms with Crippen molar-refractivity contribution < 1.29 is 27.6 Å². The van der Waals surface area contributed by atoms with Crippen LogP contribution in [-0.4, -0.2) is 36.4 Å². The van der Waals surface area contributed by atoms with E-state index in [1.165, 1.54) is 0 Å². The average Bonchev–Trinajstić information content (AvgIpc) is 2.87. The van der Waals surface area contributed by atoms with E-state index < -0.39 is 14.9 Å². The first kappa shape index (κ1) is 30.5. The van der Waals surface area contributed by atoms with Crippen molar-refractivity contribution in [1.29, 1.82) is 0 Å². The predicted octanol–water partition coefficient (Wildman–Crippen LogP) is 5.58. The summed E-state index contributed by atoms with van der Waals surface area (Å²) < 4.78 is 37.0. The number of benzene rings is 2. The Kier molecular flexibility index (Phi) is 12.6. The normalized spacial score (nSPS) is 15.0. The summed E-state index contributed by atoms with van der Waals surface area (Å²) in [7, 11) is -4.26. The maximum absolute atomic E-state index is 12.1. The van der Waals surface area contributed by atoms with E-state index in [4.69, 9.17) is 21.8 Å². The summed E-state index contributed by atoms with van der Waals surface area (Å²) in [4.78, 5) is 0. The SMILES string of the molecule is CC(CCCCNC(=S)NCCCCC(C)(c1ccccc1)S(=O)(=O)O)(SOOO)c1ccccc1. The van der Waals surface area contributed by atoms with Gasteiger partial charge in [-0.3, -0.25) is 4.55 Å². The first-order valence-corrected chi connectivity index (χ1v) is 14.5. The molecule has 0 fully saturated rings. The lowest BCUT2D eigenvalue weighted by atomic mass is 9.94. The summed E-state index contributed by atoms with van der Waals surface area (Å²) in [5.41, 5.74) is 1.66. The van der Waals surface area contributed by atoms with Gasteiger partial charge in [0.05, 0.1) is 4.75 Å². The number of hydrogen-bond donors (Lipinski definition) is 4. The molecule has 36 heavy (non-hydrogen) atoms. The molecule has 0 aliphatic rings. The number of unbranched alkanes of at least 4 members (excludes halogenated alkanes) is 2.